The largest absolute Gasteiger partial charge is 0.466 e. The fourth-order valence-corrected chi connectivity index (χ4v) is 1.82. The van der Waals surface area contributed by atoms with E-state index in [2.05, 4.69) is 15.9 Å². The standard InChI is InChI=1S/C11H14BrNO2/c1-3-15-9(14)6-8-5-4-7(2)11(13)10(8)12/h4-5H,3,6,13H2,1-2H3. The van der Waals surface area contributed by atoms with Crippen LogP contribution in [0.1, 0.15) is 18.1 Å². The first kappa shape index (κ1) is 12.0. The number of anilines is 1. The number of hydrogen-bond donors (Lipinski definition) is 1. The molecule has 0 bridgehead atoms. The predicted octanol–water partition coefficient (Wildman–Crippen LogP) is 2.45. The molecule has 0 heterocycles. The highest BCUT2D eigenvalue weighted by molar-refractivity contribution is 9.10. The molecule has 0 atom stereocenters. The summed E-state index contributed by atoms with van der Waals surface area (Å²) in [5.41, 5.74) is 8.36. The van der Waals surface area contributed by atoms with Crippen LogP contribution in [0.2, 0.25) is 0 Å². The fraction of sp³-hybridized carbons (Fsp3) is 0.364. The van der Waals surface area contributed by atoms with Gasteiger partial charge in [0.1, 0.15) is 0 Å². The molecule has 0 radical (unpaired) electrons. The lowest BCUT2D eigenvalue weighted by Crippen LogP contribution is -2.08. The molecule has 0 aliphatic heterocycles. The lowest BCUT2D eigenvalue weighted by atomic mass is 10.1. The number of carbonyl (C=O) groups excluding carboxylic acids is 1. The number of aryl methyl sites for hydroxylation is 1. The van der Waals surface area contributed by atoms with E-state index in [1.54, 1.807) is 6.92 Å². The number of carbonyl (C=O) groups is 1. The highest BCUT2D eigenvalue weighted by atomic mass is 79.9. The Labute approximate surface area is 97.7 Å². The Morgan fingerprint density at radius 1 is 1.53 bits per heavy atom. The third kappa shape index (κ3) is 2.96. The summed E-state index contributed by atoms with van der Waals surface area (Å²) in [4.78, 5) is 11.3. The number of hydrogen-bond acceptors (Lipinski definition) is 3. The van der Waals surface area contributed by atoms with Gasteiger partial charge in [0.2, 0.25) is 0 Å². The van der Waals surface area contributed by atoms with Crippen molar-refractivity contribution in [2.45, 2.75) is 20.3 Å². The fourth-order valence-electron chi connectivity index (χ4n) is 1.24. The van der Waals surface area contributed by atoms with Crippen LogP contribution in [0.4, 0.5) is 5.69 Å². The van der Waals surface area contributed by atoms with Crippen LogP contribution in [0.25, 0.3) is 0 Å². The maximum Gasteiger partial charge on any atom is 0.310 e. The van der Waals surface area contributed by atoms with Crippen molar-refractivity contribution >= 4 is 27.6 Å². The van der Waals surface area contributed by atoms with E-state index in [4.69, 9.17) is 10.5 Å². The molecule has 0 aromatic heterocycles. The molecule has 3 nitrogen and oxygen atoms in total. The maximum absolute atomic E-state index is 11.3. The molecular weight excluding hydrogens is 258 g/mol. The summed E-state index contributed by atoms with van der Waals surface area (Å²) >= 11 is 3.38. The second-order valence-corrected chi connectivity index (χ2v) is 4.04. The van der Waals surface area contributed by atoms with Crippen molar-refractivity contribution in [1.82, 2.24) is 0 Å². The summed E-state index contributed by atoms with van der Waals surface area (Å²) in [6.07, 6.45) is 0.249. The van der Waals surface area contributed by atoms with E-state index in [-0.39, 0.29) is 12.4 Å². The normalized spacial score (nSPS) is 10.1. The van der Waals surface area contributed by atoms with Crippen LogP contribution in [0.5, 0.6) is 0 Å². The molecule has 0 spiro atoms. The zero-order chi connectivity index (χ0) is 11.4. The molecular formula is C11H14BrNO2. The number of nitrogens with two attached hydrogens (primary N) is 1. The average molecular weight is 272 g/mol. The zero-order valence-corrected chi connectivity index (χ0v) is 10.4. The summed E-state index contributed by atoms with van der Waals surface area (Å²) in [5.74, 6) is -0.235. The van der Waals surface area contributed by atoms with E-state index in [0.717, 1.165) is 15.6 Å². The summed E-state index contributed by atoms with van der Waals surface area (Å²) < 4.78 is 5.66. The molecule has 0 aliphatic rings. The first-order chi connectivity index (χ1) is 7.06. The van der Waals surface area contributed by atoms with Gasteiger partial charge in [0.15, 0.2) is 0 Å². The van der Waals surface area contributed by atoms with Crippen LogP contribution in [0.3, 0.4) is 0 Å². The lowest BCUT2D eigenvalue weighted by Gasteiger charge is -2.08. The number of rotatable bonds is 3. The van der Waals surface area contributed by atoms with E-state index in [1.165, 1.54) is 0 Å². The molecule has 15 heavy (non-hydrogen) atoms. The van der Waals surface area contributed by atoms with Gasteiger partial charge in [0.25, 0.3) is 0 Å². The number of nitrogen functional groups attached to an aromatic ring is 1. The van der Waals surface area contributed by atoms with Crippen molar-refractivity contribution in [3.63, 3.8) is 0 Å². The Morgan fingerprint density at radius 3 is 2.80 bits per heavy atom. The molecule has 1 rings (SSSR count). The lowest BCUT2D eigenvalue weighted by molar-refractivity contribution is -0.142. The average Bonchev–Trinajstić information content (AvgIpc) is 2.20. The van der Waals surface area contributed by atoms with Gasteiger partial charge < -0.3 is 10.5 Å². The molecule has 0 saturated heterocycles. The van der Waals surface area contributed by atoms with E-state index < -0.39 is 0 Å². The molecule has 0 fully saturated rings. The Bertz CT molecular complexity index is 377. The van der Waals surface area contributed by atoms with Gasteiger partial charge in [0, 0.05) is 10.2 Å². The zero-order valence-electron chi connectivity index (χ0n) is 8.84. The van der Waals surface area contributed by atoms with Gasteiger partial charge >= 0.3 is 5.97 Å². The molecule has 2 N–H and O–H groups in total. The van der Waals surface area contributed by atoms with Crippen molar-refractivity contribution in [3.05, 3.63) is 27.7 Å². The summed E-state index contributed by atoms with van der Waals surface area (Å²) in [7, 11) is 0. The van der Waals surface area contributed by atoms with Crippen molar-refractivity contribution in [2.75, 3.05) is 12.3 Å². The number of esters is 1. The number of ether oxygens (including phenoxy) is 1. The van der Waals surface area contributed by atoms with E-state index in [0.29, 0.717) is 12.3 Å². The smallest absolute Gasteiger partial charge is 0.310 e. The molecule has 0 unspecified atom stereocenters. The van der Waals surface area contributed by atoms with Crippen molar-refractivity contribution in [2.24, 2.45) is 0 Å². The SMILES string of the molecule is CCOC(=O)Cc1ccc(C)c(N)c1Br. The van der Waals surface area contributed by atoms with Gasteiger partial charge in [0.05, 0.1) is 13.0 Å². The van der Waals surface area contributed by atoms with Gasteiger partial charge in [-0.2, -0.15) is 0 Å². The third-order valence-corrected chi connectivity index (χ3v) is 3.05. The molecule has 0 amide bonds. The van der Waals surface area contributed by atoms with Crippen LogP contribution in [0, 0.1) is 6.92 Å². The van der Waals surface area contributed by atoms with E-state index >= 15 is 0 Å². The molecule has 0 aliphatic carbocycles. The Morgan fingerprint density at radius 2 is 2.20 bits per heavy atom. The minimum absolute atomic E-state index is 0.235. The minimum atomic E-state index is -0.235. The van der Waals surface area contributed by atoms with Crippen LogP contribution in [-0.2, 0) is 16.0 Å². The second-order valence-electron chi connectivity index (χ2n) is 3.25. The second kappa shape index (κ2) is 5.16. The maximum atomic E-state index is 11.3. The number of halogens is 1. The van der Waals surface area contributed by atoms with Crippen molar-refractivity contribution in [3.8, 4) is 0 Å². The van der Waals surface area contributed by atoms with E-state index in [1.807, 2.05) is 19.1 Å². The topological polar surface area (TPSA) is 52.3 Å². The first-order valence-corrected chi connectivity index (χ1v) is 5.54. The highest BCUT2D eigenvalue weighted by Crippen LogP contribution is 2.27. The summed E-state index contributed by atoms with van der Waals surface area (Å²) in [6, 6.07) is 3.78. The van der Waals surface area contributed by atoms with Gasteiger partial charge in [-0.1, -0.05) is 12.1 Å². The van der Waals surface area contributed by atoms with Crippen LogP contribution in [0.15, 0.2) is 16.6 Å². The molecule has 1 aromatic rings. The summed E-state index contributed by atoms with van der Waals surface area (Å²) in [5, 5.41) is 0. The Hall–Kier alpha value is -1.03. The quantitative estimate of drug-likeness (QED) is 0.679. The van der Waals surface area contributed by atoms with Gasteiger partial charge in [-0.3, -0.25) is 4.79 Å². The Kier molecular flexibility index (Phi) is 4.15. The third-order valence-electron chi connectivity index (χ3n) is 2.12. The highest BCUT2D eigenvalue weighted by Gasteiger charge is 2.10. The minimum Gasteiger partial charge on any atom is -0.466 e. The van der Waals surface area contributed by atoms with Gasteiger partial charge in [-0.05, 0) is 40.9 Å². The van der Waals surface area contributed by atoms with Gasteiger partial charge in [-0.15, -0.1) is 0 Å². The summed E-state index contributed by atoms with van der Waals surface area (Å²) in [6.45, 7) is 4.11. The van der Waals surface area contributed by atoms with Crippen LogP contribution >= 0.6 is 15.9 Å². The number of benzene rings is 1. The van der Waals surface area contributed by atoms with Crippen molar-refractivity contribution < 1.29 is 9.53 Å². The Balaban J connectivity index is 2.87. The predicted molar refractivity (Wildman–Crippen MR) is 63.6 cm³/mol. The van der Waals surface area contributed by atoms with E-state index in [9.17, 15) is 4.79 Å². The molecule has 4 heteroatoms. The van der Waals surface area contributed by atoms with Crippen molar-refractivity contribution in [1.29, 1.82) is 0 Å². The molecule has 0 saturated carbocycles. The monoisotopic (exact) mass is 271 g/mol. The molecule has 1 aromatic carbocycles. The van der Waals surface area contributed by atoms with Crippen LogP contribution in [-0.4, -0.2) is 12.6 Å². The van der Waals surface area contributed by atoms with Crippen LogP contribution < -0.4 is 5.73 Å². The van der Waals surface area contributed by atoms with Gasteiger partial charge in [-0.25, -0.2) is 0 Å². The first-order valence-electron chi connectivity index (χ1n) is 4.75. The molecule has 82 valence electrons.